The number of ether oxygens (including phenoxy) is 1. The largest absolute Gasteiger partial charge is 0.488 e. The number of carbonyl (C=O) groups excluding carboxylic acids is 1. The van der Waals surface area contributed by atoms with E-state index in [2.05, 4.69) is 6.92 Å². The minimum absolute atomic E-state index is 0.101. The van der Waals surface area contributed by atoms with Crippen LogP contribution >= 0.6 is 0 Å². The molecule has 1 unspecified atom stereocenters. The number of ketones is 1. The monoisotopic (exact) mass is 248 g/mol. The van der Waals surface area contributed by atoms with Crippen molar-refractivity contribution in [3.8, 4) is 5.75 Å². The molecule has 1 aromatic rings. The highest BCUT2D eigenvalue weighted by molar-refractivity contribution is 5.97. The van der Waals surface area contributed by atoms with Crippen molar-refractivity contribution >= 4 is 5.78 Å². The Morgan fingerprint density at radius 2 is 1.78 bits per heavy atom. The SMILES string of the molecule is CCCC(C)C(=O)c1ccc(OC(C)(C)C)cc1. The molecule has 0 aromatic heterocycles. The lowest BCUT2D eigenvalue weighted by Gasteiger charge is -2.21. The molecule has 0 saturated heterocycles. The molecule has 0 saturated carbocycles. The van der Waals surface area contributed by atoms with Crippen molar-refractivity contribution in [3.63, 3.8) is 0 Å². The smallest absolute Gasteiger partial charge is 0.165 e. The molecule has 0 spiro atoms. The number of hydrogen-bond acceptors (Lipinski definition) is 2. The lowest BCUT2D eigenvalue weighted by atomic mass is 9.95. The van der Waals surface area contributed by atoms with Crippen molar-refractivity contribution in [1.29, 1.82) is 0 Å². The van der Waals surface area contributed by atoms with Gasteiger partial charge in [-0.15, -0.1) is 0 Å². The Balaban J connectivity index is 2.74. The van der Waals surface area contributed by atoms with E-state index in [9.17, 15) is 4.79 Å². The van der Waals surface area contributed by atoms with Crippen LogP contribution in [0.2, 0.25) is 0 Å². The molecular weight excluding hydrogens is 224 g/mol. The molecule has 0 N–H and O–H groups in total. The molecule has 1 atom stereocenters. The number of benzene rings is 1. The average Bonchev–Trinajstić information content (AvgIpc) is 2.27. The van der Waals surface area contributed by atoms with Gasteiger partial charge in [-0.1, -0.05) is 20.3 Å². The molecule has 18 heavy (non-hydrogen) atoms. The van der Waals surface area contributed by atoms with Gasteiger partial charge in [0.25, 0.3) is 0 Å². The number of rotatable bonds is 5. The standard InChI is InChI=1S/C16H24O2/c1-6-7-12(2)15(17)13-8-10-14(11-9-13)18-16(3,4)5/h8-12H,6-7H2,1-5H3. The van der Waals surface area contributed by atoms with Gasteiger partial charge in [-0.05, 0) is 51.5 Å². The fourth-order valence-electron chi connectivity index (χ4n) is 1.89. The molecule has 100 valence electrons. The molecule has 0 heterocycles. The normalized spacial score (nSPS) is 13.2. The van der Waals surface area contributed by atoms with Crippen LogP contribution in [-0.4, -0.2) is 11.4 Å². The van der Waals surface area contributed by atoms with Gasteiger partial charge in [-0.25, -0.2) is 0 Å². The fraction of sp³-hybridized carbons (Fsp3) is 0.562. The molecule has 0 aliphatic carbocycles. The van der Waals surface area contributed by atoms with Gasteiger partial charge >= 0.3 is 0 Å². The summed E-state index contributed by atoms with van der Waals surface area (Å²) in [4.78, 5) is 12.1. The second-order valence-corrected chi connectivity index (χ2v) is 5.79. The van der Waals surface area contributed by atoms with Gasteiger partial charge in [-0.3, -0.25) is 4.79 Å². The van der Waals surface area contributed by atoms with Crippen molar-refractivity contribution in [3.05, 3.63) is 29.8 Å². The summed E-state index contributed by atoms with van der Waals surface area (Å²) in [5.74, 6) is 1.13. The van der Waals surface area contributed by atoms with Crippen LogP contribution in [0, 0.1) is 5.92 Å². The third-order valence-corrected chi connectivity index (χ3v) is 2.73. The Morgan fingerprint density at radius 3 is 2.22 bits per heavy atom. The van der Waals surface area contributed by atoms with E-state index in [-0.39, 0.29) is 17.3 Å². The minimum Gasteiger partial charge on any atom is -0.488 e. The number of hydrogen-bond donors (Lipinski definition) is 0. The van der Waals surface area contributed by atoms with Crippen molar-refractivity contribution < 1.29 is 9.53 Å². The lowest BCUT2D eigenvalue weighted by molar-refractivity contribution is 0.0923. The van der Waals surface area contributed by atoms with Crippen molar-refractivity contribution in [1.82, 2.24) is 0 Å². The van der Waals surface area contributed by atoms with E-state index in [4.69, 9.17) is 4.74 Å². The van der Waals surface area contributed by atoms with Crippen LogP contribution in [0.3, 0.4) is 0 Å². The third kappa shape index (κ3) is 4.52. The molecule has 2 heteroatoms. The Kier molecular flexibility index (Phi) is 4.94. The van der Waals surface area contributed by atoms with Crippen LogP contribution in [0.25, 0.3) is 0 Å². The van der Waals surface area contributed by atoms with Gasteiger partial charge < -0.3 is 4.74 Å². The van der Waals surface area contributed by atoms with Gasteiger partial charge in [0, 0.05) is 11.5 Å². The molecule has 1 rings (SSSR count). The first-order valence-corrected chi connectivity index (χ1v) is 6.67. The van der Waals surface area contributed by atoms with Gasteiger partial charge in [0.1, 0.15) is 11.4 Å². The summed E-state index contributed by atoms with van der Waals surface area (Å²) in [5, 5.41) is 0. The molecule has 1 aromatic carbocycles. The zero-order chi connectivity index (χ0) is 13.8. The van der Waals surface area contributed by atoms with Crippen LogP contribution in [0.1, 0.15) is 57.8 Å². The first-order chi connectivity index (χ1) is 8.33. The molecule has 0 radical (unpaired) electrons. The first kappa shape index (κ1) is 14.7. The zero-order valence-corrected chi connectivity index (χ0v) is 12.1. The Morgan fingerprint density at radius 1 is 1.22 bits per heavy atom. The van der Waals surface area contributed by atoms with Gasteiger partial charge in [-0.2, -0.15) is 0 Å². The molecule has 0 fully saturated rings. The van der Waals surface area contributed by atoms with E-state index >= 15 is 0 Å². The van der Waals surface area contributed by atoms with Gasteiger partial charge in [0.2, 0.25) is 0 Å². The van der Waals surface area contributed by atoms with Crippen LogP contribution in [0.5, 0.6) is 5.75 Å². The van der Waals surface area contributed by atoms with E-state index in [1.807, 2.05) is 52.0 Å². The Bertz CT molecular complexity index is 385. The highest BCUT2D eigenvalue weighted by atomic mass is 16.5. The van der Waals surface area contributed by atoms with Crippen LogP contribution in [-0.2, 0) is 0 Å². The predicted molar refractivity (Wildman–Crippen MR) is 75.2 cm³/mol. The van der Waals surface area contributed by atoms with Crippen LogP contribution in [0.15, 0.2) is 24.3 Å². The topological polar surface area (TPSA) is 26.3 Å². The van der Waals surface area contributed by atoms with E-state index in [0.29, 0.717) is 0 Å². The van der Waals surface area contributed by atoms with Crippen LogP contribution < -0.4 is 4.74 Å². The summed E-state index contributed by atoms with van der Waals surface area (Å²) in [6.45, 7) is 10.1. The van der Waals surface area contributed by atoms with E-state index in [1.165, 1.54) is 0 Å². The minimum atomic E-state index is -0.207. The quantitative estimate of drug-likeness (QED) is 0.718. The van der Waals surface area contributed by atoms with E-state index in [1.54, 1.807) is 0 Å². The second kappa shape index (κ2) is 6.03. The number of carbonyl (C=O) groups is 1. The van der Waals surface area contributed by atoms with E-state index < -0.39 is 0 Å². The Hall–Kier alpha value is -1.31. The summed E-state index contributed by atoms with van der Waals surface area (Å²) in [6.07, 6.45) is 1.98. The highest BCUT2D eigenvalue weighted by Crippen LogP contribution is 2.20. The fourth-order valence-corrected chi connectivity index (χ4v) is 1.89. The summed E-state index contributed by atoms with van der Waals surface area (Å²) in [7, 11) is 0. The first-order valence-electron chi connectivity index (χ1n) is 6.67. The van der Waals surface area contributed by atoms with Crippen molar-refractivity contribution in [2.45, 2.75) is 53.1 Å². The summed E-state index contributed by atoms with van der Waals surface area (Å²) < 4.78 is 5.73. The molecule has 0 amide bonds. The van der Waals surface area contributed by atoms with Gasteiger partial charge in [0.05, 0.1) is 0 Å². The molecule has 0 aliphatic heterocycles. The highest BCUT2D eigenvalue weighted by Gasteiger charge is 2.15. The average molecular weight is 248 g/mol. The van der Waals surface area contributed by atoms with Crippen molar-refractivity contribution in [2.75, 3.05) is 0 Å². The zero-order valence-electron chi connectivity index (χ0n) is 12.1. The lowest BCUT2D eigenvalue weighted by Crippen LogP contribution is -2.23. The Labute approximate surface area is 110 Å². The maximum atomic E-state index is 12.1. The molecular formula is C16H24O2. The van der Waals surface area contributed by atoms with Crippen LogP contribution in [0.4, 0.5) is 0 Å². The molecule has 0 bridgehead atoms. The molecule has 2 nitrogen and oxygen atoms in total. The second-order valence-electron chi connectivity index (χ2n) is 5.79. The third-order valence-electron chi connectivity index (χ3n) is 2.73. The maximum absolute atomic E-state index is 12.1. The summed E-state index contributed by atoms with van der Waals surface area (Å²) >= 11 is 0. The summed E-state index contributed by atoms with van der Waals surface area (Å²) in [6, 6.07) is 7.46. The number of Topliss-reactive ketones (excluding diaryl/α,β-unsaturated/α-hetero) is 1. The van der Waals surface area contributed by atoms with Gasteiger partial charge in [0.15, 0.2) is 5.78 Å². The maximum Gasteiger partial charge on any atom is 0.165 e. The summed E-state index contributed by atoms with van der Waals surface area (Å²) in [5.41, 5.74) is 0.568. The van der Waals surface area contributed by atoms with E-state index in [0.717, 1.165) is 24.2 Å². The molecule has 0 aliphatic rings. The van der Waals surface area contributed by atoms with Crippen molar-refractivity contribution in [2.24, 2.45) is 5.92 Å². The predicted octanol–water partition coefficient (Wildman–Crippen LogP) is 4.48.